The van der Waals surface area contributed by atoms with Gasteiger partial charge in [0, 0.05) is 49.0 Å². The highest BCUT2D eigenvalue weighted by molar-refractivity contribution is 5.75. The van der Waals surface area contributed by atoms with E-state index in [9.17, 15) is 4.79 Å². The number of aromatic nitrogens is 7. The Morgan fingerprint density at radius 3 is 2.62 bits per heavy atom. The van der Waals surface area contributed by atoms with Gasteiger partial charge in [-0.3, -0.25) is 9.67 Å². The second-order valence-corrected chi connectivity index (χ2v) is 7.37. The highest BCUT2D eigenvalue weighted by atomic mass is 16.4. The zero-order valence-electron chi connectivity index (χ0n) is 16.9. The first-order chi connectivity index (χ1) is 15.6. The molecule has 5 heterocycles. The molecular formula is C20H19N9O3. The van der Waals surface area contributed by atoms with Gasteiger partial charge < -0.3 is 20.2 Å². The number of amides is 1. The monoisotopic (exact) mass is 433 g/mol. The molecule has 0 bridgehead atoms. The molecule has 0 radical (unpaired) electrons. The lowest BCUT2D eigenvalue weighted by atomic mass is 10.1. The molecule has 0 unspecified atom stereocenters. The minimum Gasteiger partial charge on any atom is -0.465 e. The van der Waals surface area contributed by atoms with Crippen LogP contribution in [0.4, 0.5) is 10.6 Å². The molecule has 1 aliphatic rings. The Morgan fingerprint density at radius 1 is 1.06 bits per heavy atom. The average molecular weight is 433 g/mol. The number of anilines is 1. The van der Waals surface area contributed by atoms with Crippen molar-refractivity contribution in [3.8, 4) is 34.2 Å². The molecule has 4 aromatic rings. The quantitative estimate of drug-likeness (QED) is 0.488. The number of hydrogen-bond acceptors (Lipinski definition) is 9. The largest absolute Gasteiger partial charge is 0.465 e. The van der Waals surface area contributed by atoms with E-state index in [1.165, 1.54) is 11.1 Å². The van der Waals surface area contributed by atoms with E-state index in [1.807, 2.05) is 16.9 Å². The molecule has 1 fully saturated rings. The highest BCUT2D eigenvalue weighted by Crippen LogP contribution is 2.31. The van der Waals surface area contributed by atoms with Gasteiger partial charge in [0.2, 0.25) is 0 Å². The van der Waals surface area contributed by atoms with E-state index in [2.05, 4.69) is 30.2 Å². The standard InChI is InChI=1S/C20H19N9O3/c21-17-15(18-26-27-19(32-18)16-10-22-3-4-23-16)7-12(8-24-17)13-9-25-29(11-13)14-1-5-28(6-2-14)20(30)31/h3-4,7-11,14H,1-2,5-6H2,(H2,21,24)(H,30,31). The van der Waals surface area contributed by atoms with Crippen LogP contribution in [0, 0.1) is 0 Å². The third kappa shape index (κ3) is 3.73. The third-order valence-corrected chi connectivity index (χ3v) is 5.40. The van der Waals surface area contributed by atoms with Gasteiger partial charge in [-0.1, -0.05) is 0 Å². The number of carboxylic acid groups (broad SMARTS) is 1. The smallest absolute Gasteiger partial charge is 0.407 e. The second kappa shape index (κ2) is 8.06. The van der Waals surface area contributed by atoms with Crippen LogP contribution in [0.15, 0.2) is 47.7 Å². The van der Waals surface area contributed by atoms with Gasteiger partial charge in [-0.05, 0) is 18.9 Å². The van der Waals surface area contributed by atoms with Gasteiger partial charge in [0.05, 0.1) is 24.0 Å². The molecule has 5 rings (SSSR count). The maximum Gasteiger partial charge on any atom is 0.407 e. The summed E-state index contributed by atoms with van der Waals surface area (Å²) in [7, 11) is 0. The van der Waals surface area contributed by atoms with Crippen molar-refractivity contribution in [2.24, 2.45) is 0 Å². The average Bonchev–Trinajstić information content (AvgIpc) is 3.51. The minimum absolute atomic E-state index is 0.144. The predicted octanol–water partition coefficient (Wildman–Crippen LogP) is 2.35. The molecule has 1 aliphatic heterocycles. The summed E-state index contributed by atoms with van der Waals surface area (Å²) in [4.78, 5) is 25.0. The van der Waals surface area contributed by atoms with Crippen molar-refractivity contribution < 1.29 is 14.3 Å². The lowest BCUT2D eigenvalue weighted by Gasteiger charge is -2.30. The number of hydrogen-bond donors (Lipinski definition) is 2. The van der Waals surface area contributed by atoms with Gasteiger partial charge in [0.25, 0.3) is 11.8 Å². The van der Waals surface area contributed by atoms with Crippen molar-refractivity contribution in [2.75, 3.05) is 18.8 Å². The summed E-state index contributed by atoms with van der Waals surface area (Å²) in [5, 5.41) is 21.7. The van der Waals surface area contributed by atoms with E-state index in [0.717, 1.165) is 11.1 Å². The molecule has 162 valence electrons. The first-order valence-electron chi connectivity index (χ1n) is 9.96. The molecule has 32 heavy (non-hydrogen) atoms. The normalized spacial score (nSPS) is 14.6. The van der Waals surface area contributed by atoms with Crippen LogP contribution >= 0.6 is 0 Å². The Morgan fingerprint density at radius 2 is 1.88 bits per heavy atom. The van der Waals surface area contributed by atoms with Crippen LogP contribution in [0.25, 0.3) is 34.2 Å². The molecule has 4 aromatic heterocycles. The zero-order valence-corrected chi connectivity index (χ0v) is 16.9. The van der Waals surface area contributed by atoms with Crippen LogP contribution in [0.5, 0.6) is 0 Å². The van der Waals surface area contributed by atoms with Crippen molar-refractivity contribution in [2.45, 2.75) is 18.9 Å². The van der Waals surface area contributed by atoms with E-state index in [-0.39, 0.29) is 23.6 Å². The van der Waals surface area contributed by atoms with Crippen LogP contribution in [-0.2, 0) is 0 Å². The minimum atomic E-state index is -0.881. The molecule has 3 N–H and O–H groups in total. The lowest BCUT2D eigenvalue weighted by Crippen LogP contribution is -2.38. The topological polar surface area (TPSA) is 162 Å². The first-order valence-corrected chi connectivity index (χ1v) is 9.96. The third-order valence-electron chi connectivity index (χ3n) is 5.40. The van der Waals surface area contributed by atoms with E-state index in [4.69, 9.17) is 15.3 Å². The van der Waals surface area contributed by atoms with E-state index >= 15 is 0 Å². The molecule has 0 aliphatic carbocycles. The van der Waals surface area contributed by atoms with E-state index < -0.39 is 6.09 Å². The molecule has 0 aromatic carbocycles. The maximum atomic E-state index is 11.1. The summed E-state index contributed by atoms with van der Waals surface area (Å²) in [5.74, 6) is 0.723. The summed E-state index contributed by atoms with van der Waals surface area (Å²) in [5.41, 5.74) is 8.68. The van der Waals surface area contributed by atoms with Crippen LogP contribution in [0.2, 0.25) is 0 Å². The Balaban J connectivity index is 1.38. The Labute approximate surface area is 181 Å². The van der Waals surface area contributed by atoms with Gasteiger partial charge in [0.1, 0.15) is 11.5 Å². The number of piperidine rings is 1. The first kappa shape index (κ1) is 19.6. The fraction of sp³-hybridized carbons (Fsp3) is 0.250. The number of carbonyl (C=O) groups is 1. The Kier molecular flexibility index (Phi) is 4.94. The fourth-order valence-corrected chi connectivity index (χ4v) is 3.66. The summed E-state index contributed by atoms with van der Waals surface area (Å²) < 4.78 is 7.62. The van der Waals surface area contributed by atoms with Gasteiger partial charge in [-0.15, -0.1) is 10.2 Å². The van der Waals surface area contributed by atoms with Gasteiger partial charge in [0.15, 0.2) is 0 Å². The maximum absolute atomic E-state index is 11.1. The van der Waals surface area contributed by atoms with Crippen molar-refractivity contribution in [1.29, 1.82) is 0 Å². The summed E-state index contributed by atoms with van der Waals surface area (Å²) in [6, 6.07) is 1.97. The fourth-order valence-electron chi connectivity index (χ4n) is 3.66. The molecule has 0 atom stereocenters. The van der Waals surface area contributed by atoms with Crippen LogP contribution in [0.1, 0.15) is 18.9 Å². The second-order valence-electron chi connectivity index (χ2n) is 7.37. The molecule has 12 heteroatoms. The van der Waals surface area contributed by atoms with E-state index in [0.29, 0.717) is 37.2 Å². The molecule has 12 nitrogen and oxygen atoms in total. The molecule has 1 amide bonds. The molecule has 0 saturated carbocycles. The number of nitrogen functional groups attached to an aromatic ring is 1. The lowest BCUT2D eigenvalue weighted by molar-refractivity contribution is 0.124. The van der Waals surface area contributed by atoms with Crippen molar-refractivity contribution in [3.05, 3.63) is 43.2 Å². The molecule has 0 spiro atoms. The number of likely N-dealkylation sites (tertiary alicyclic amines) is 1. The zero-order chi connectivity index (χ0) is 22.1. The van der Waals surface area contributed by atoms with Crippen LogP contribution in [0.3, 0.4) is 0 Å². The highest BCUT2D eigenvalue weighted by Gasteiger charge is 2.24. The van der Waals surface area contributed by atoms with Crippen molar-refractivity contribution in [1.82, 2.24) is 39.8 Å². The predicted molar refractivity (Wildman–Crippen MR) is 112 cm³/mol. The number of nitrogens with two attached hydrogens (primary N) is 1. The summed E-state index contributed by atoms with van der Waals surface area (Å²) in [6.07, 6.45) is 10.5. The number of nitrogens with zero attached hydrogens (tertiary/aromatic N) is 8. The molecule has 1 saturated heterocycles. The van der Waals surface area contributed by atoms with E-state index in [1.54, 1.807) is 24.8 Å². The van der Waals surface area contributed by atoms with Crippen molar-refractivity contribution >= 4 is 11.9 Å². The Hall–Kier alpha value is -4.35. The van der Waals surface area contributed by atoms with Gasteiger partial charge in [-0.2, -0.15) is 5.10 Å². The van der Waals surface area contributed by atoms with Crippen LogP contribution < -0.4 is 5.73 Å². The Bertz CT molecular complexity index is 1250. The summed E-state index contributed by atoms with van der Waals surface area (Å²) in [6.45, 7) is 0.988. The number of pyridine rings is 1. The SMILES string of the molecule is Nc1ncc(-c2cnn(C3CCN(C(=O)O)CC3)c2)cc1-c1nnc(-c2cnccn2)o1. The van der Waals surface area contributed by atoms with Gasteiger partial charge in [-0.25, -0.2) is 14.8 Å². The van der Waals surface area contributed by atoms with Gasteiger partial charge >= 0.3 is 6.09 Å². The van der Waals surface area contributed by atoms with Crippen molar-refractivity contribution in [3.63, 3.8) is 0 Å². The molecular weight excluding hydrogens is 414 g/mol. The number of rotatable bonds is 4. The summed E-state index contributed by atoms with van der Waals surface area (Å²) >= 11 is 0. The van der Waals surface area contributed by atoms with Crippen LogP contribution in [-0.4, -0.2) is 64.1 Å².